The largest absolute Gasteiger partial charge is 0.382 e. The van der Waals surface area contributed by atoms with Crippen molar-refractivity contribution in [2.24, 2.45) is 21.6 Å². The van der Waals surface area contributed by atoms with E-state index in [4.69, 9.17) is 28.8 Å². The smallest absolute Gasteiger partial charge is 0.280 e. The van der Waals surface area contributed by atoms with Crippen molar-refractivity contribution in [3.63, 3.8) is 0 Å². The van der Waals surface area contributed by atoms with E-state index in [1.807, 2.05) is 0 Å². The van der Waals surface area contributed by atoms with Crippen molar-refractivity contribution in [1.82, 2.24) is 15.3 Å². The third-order valence-corrected chi connectivity index (χ3v) is 4.44. The molecule has 0 fully saturated rings. The number of carbonyl (C=O) groups is 1. The van der Waals surface area contributed by atoms with Gasteiger partial charge in [0, 0.05) is 6.54 Å². The standard InChI is InChI=1S/C19H34ClN7O/c1-18(2,3)11-19(4,5)9-7-6-8-10-24-17(23)27-16(28)12-14(21)26-15(22)13(20)25-12/h6-11H2,1-5H3,(H4,21,22,26)(H3,23,24,27,28). The predicted molar refractivity (Wildman–Crippen MR) is 116 cm³/mol. The van der Waals surface area contributed by atoms with E-state index in [0.29, 0.717) is 17.4 Å². The van der Waals surface area contributed by atoms with Gasteiger partial charge in [-0.3, -0.25) is 15.1 Å². The fourth-order valence-electron chi connectivity index (χ4n) is 3.44. The molecule has 8 nitrogen and oxygen atoms in total. The topological polar surface area (TPSA) is 145 Å². The number of amides is 1. The minimum absolute atomic E-state index is 0.00668. The number of aliphatic imine (C=N–C) groups is 1. The lowest BCUT2D eigenvalue weighted by molar-refractivity contribution is 0.0972. The van der Waals surface area contributed by atoms with E-state index in [2.05, 4.69) is 54.9 Å². The number of nitrogen functional groups attached to an aromatic ring is 2. The van der Waals surface area contributed by atoms with Crippen molar-refractivity contribution in [2.45, 2.75) is 66.7 Å². The van der Waals surface area contributed by atoms with E-state index in [1.165, 1.54) is 12.8 Å². The van der Waals surface area contributed by atoms with Crippen LogP contribution in [0.25, 0.3) is 0 Å². The van der Waals surface area contributed by atoms with Gasteiger partial charge in [0.05, 0.1) is 0 Å². The Bertz CT molecular complexity index is 711. The van der Waals surface area contributed by atoms with Gasteiger partial charge in [-0.1, -0.05) is 59.1 Å². The van der Waals surface area contributed by atoms with Crippen molar-refractivity contribution < 1.29 is 4.79 Å². The lowest BCUT2D eigenvalue weighted by atomic mass is 9.73. The summed E-state index contributed by atoms with van der Waals surface area (Å²) in [6.07, 6.45) is 5.47. The summed E-state index contributed by atoms with van der Waals surface area (Å²) in [5.74, 6) is -0.780. The molecule has 0 aliphatic heterocycles. The summed E-state index contributed by atoms with van der Waals surface area (Å²) in [4.78, 5) is 23.9. The molecule has 0 saturated carbocycles. The highest BCUT2D eigenvalue weighted by molar-refractivity contribution is 6.31. The number of nitrogens with one attached hydrogen (secondary N) is 1. The van der Waals surface area contributed by atoms with E-state index in [9.17, 15) is 4.79 Å². The average Bonchev–Trinajstić information content (AvgIpc) is 2.51. The van der Waals surface area contributed by atoms with Crippen LogP contribution >= 0.6 is 11.6 Å². The molecule has 9 heteroatoms. The Morgan fingerprint density at radius 3 is 2.32 bits per heavy atom. The molecule has 1 aromatic heterocycles. The molecule has 0 spiro atoms. The van der Waals surface area contributed by atoms with Crippen LogP contribution in [0, 0.1) is 10.8 Å². The maximum atomic E-state index is 12.1. The molecule has 0 aliphatic rings. The number of hydrogen-bond acceptors (Lipinski definition) is 6. The summed E-state index contributed by atoms with van der Waals surface area (Å²) in [6.45, 7) is 12.0. The quantitative estimate of drug-likeness (QED) is 0.293. The molecule has 1 aromatic rings. The average molecular weight is 412 g/mol. The van der Waals surface area contributed by atoms with Gasteiger partial charge < -0.3 is 17.2 Å². The summed E-state index contributed by atoms with van der Waals surface area (Å²) >= 11 is 5.77. The van der Waals surface area contributed by atoms with Crippen LogP contribution in [-0.2, 0) is 0 Å². The SMILES string of the molecule is CC(C)(C)CC(C)(C)CCCCCN=C(N)NC(=O)c1nc(Cl)c(N)nc1N. The van der Waals surface area contributed by atoms with Crippen molar-refractivity contribution in [3.05, 3.63) is 10.8 Å². The molecule has 7 N–H and O–H groups in total. The van der Waals surface area contributed by atoms with Gasteiger partial charge in [0.15, 0.2) is 28.4 Å². The second-order valence-corrected chi connectivity index (χ2v) is 9.42. The molecule has 0 bridgehead atoms. The van der Waals surface area contributed by atoms with Crippen LogP contribution < -0.4 is 22.5 Å². The zero-order valence-corrected chi connectivity index (χ0v) is 18.4. The van der Waals surface area contributed by atoms with E-state index < -0.39 is 5.91 Å². The lowest BCUT2D eigenvalue weighted by Crippen LogP contribution is -2.38. The molecular weight excluding hydrogens is 378 g/mol. The van der Waals surface area contributed by atoms with Gasteiger partial charge in [-0.05, 0) is 30.1 Å². The van der Waals surface area contributed by atoms with Gasteiger partial charge in [0.2, 0.25) is 0 Å². The van der Waals surface area contributed by atoms with Gasteiger partial charge in [0.25, 0.3) is 5.91 Å². The van der Waals surface area contributed by atoms with Crippen molar-refractivity contribution in [2.75, 3.05) is 18.0 Å². The van der Waals surface area contributed by atoms with Gasteiger partial charge in [-0.25, -0.2) is 9.97 Å². The van der Waals surface area contributed by atoms with E-state index in [0.717, 1.165) is 19.3 Å². The number of aromatic nitrogens is 2. The first kappa shape index (κ1) is 23.9. The number of unbranched alkanes of at least 4 members (excludes halogenated alkanes) is 2. The first-order valence-electron chi connectivity index (χ1n) is 9.50. The molecule has 0 atom stereocenters. The van der Waals surface area contributed by atoms with E-state index >= 15 is 0 Å². The number of rotatable bonds is 8. The summed E-state index contributed by atoms with van der Waals surface area (Å²) in [6, 6.07) is 0. The molecule has 0 saturated heterocycles. The number of hydrogen-bond donors (Lipinski definition) is 4. The highest BCUT2D eigenvalue weighted by Gasteiger charge is 2.24. The van der Waals surface area contributed by atoms with Crippen LogP contribution in [0.3, 0.4) is 0 Å². The number of nitrogens with two attached hydrogens (primary N) is 3. The second kappa shape index (κ2) is 9.91. The van der Waals surface area contributed by atoms with Crippen LogP contribution in [0.1, 0.15) is 77.2 Å². The fraction of sp³-hybridized carbons (Fsp3) is 0.684. The molecule has 0 unspecified atom stereocenters. The predicted octanol–water partition coefficient (Wildman–Crippen LogP) is 3.36. The molecule has 1 rings (SSSR count). The maximum absolute atomic E-state index is 12.1. The Hall–Kier alpha value is -2.09. The van der Waals surface area contributed by atoms with Crippen LogP contribution in [0.4, 0.5) is 11.6 Å². The van der Waals surface area contributed by atoms with Crippen LogP contribution in [0.15, 0.2) is 4.99 Å². The summed E-state index contributed by atoms with van der Waals surface area (Å²) in [5.41, 5.74) is 17.4. The number of guanidine groups is 1. The zero-order valence-electron chi connectivity index (χ0n) is 17.6. The molecule has 0 aliphatic carbocycles. The Balaban J connectivity index is 2.40. The van der Waals surface area contributed by atoms with Gasteiger partial charge in [-0.2, -0.15) is 0 Å². The normalized spacial score (nSPS) is 12.9. The third-order valence-electron chi connectivity index (χ3n) is 4.16. The number of halogens is 1. The molecule has 0 aromatic carbocycles. The molecule has 158 valence electrons. The van der Waals surface area contributed by atoms with Gasteiger partial charge in [0.1, 0.15) is 0 Å². The Labute approximate surface area is 172 Å². The number of anilines is 2. The van der Waals surface area contributed by atoms with Gasteiger partial charge in [-0.15, -0.1) is 0 Å². The lowest BCUT2D eigenvalue weighted by Gasteiger charge is -2.32. The Morgan fingerprint density at radius 2 is 1.71 bits per heavy atom. The maximum Gasteiger partial charge on any atom is 0.280 e. The Morgan fingerprint density at radius 1 is 1.07 bits per heavy atom. The van der Waals surface area contributed by atoms with E-state index in [1.54, 1.807) is 0 Å². The molecule has 0 radical (unpaired) electrons. The highest BCUT2D eigenvalue weighted by Crippen LogP contribution is 2.36. The van der Waals surface area contributed by atoms with Crippen molar-refractivity contribution in [1.29, 1.82) is 0 Å². The summed E-state index contributed by atoms with van der Waals surface area (Å²) in [5, 5.41) is 2.34. The number of carbonyl (C=O) groups excluding carboxylic acids is 1. The van der Waals surface area contributed by atoms with E-state index in [-0.39, 0.29) is 28.4 Å². The molecule has 1 amide bonds. The Kier molecular flexibility index (Phi) is 8.48. The zero-order chi connectivity index (χ0) is 21.5. The van der Waals surface area contributed by atoms with Crippen molar-refractivity contribution >= 4 is 35.1 Å². The van der Waals surface area contributed by atoms with Crippen molar-refractivity contribution in [3.8, 4) is 0 Å². The first-order valence-corrected chi connectivity index (χ1v) is 9.88. The molecule has 28 heavy (non-hydrogen) atoms. The van der Waals surface area contributed by atoms with Crippen LogP contribution in [0.5, 0.6) is 0 Å². The monoisotopic (exact) mass is 411 g/mol. The molecular formula is C19H34ClN7O. The van der Waals surface area contributed by atoms with Crippen LogP contribution in [-0.4, -0.2) is 28.4 Å². The summed E-state index contributed by atoms with van der Waals surface area (Å²) < 4.78 is 0. The van der Waals surface area contributed by atoms with Gasteiger partial charge >= 0.3 is 0 Å². The third kappa shape index (κ3) is 8.73. The molecule has 1 heterocycles. The minimum atomic E-state index is -0.628. The summed E-state index contributed by atoms with van der Waals surface area (Å²) in [7, 11) is 0. The highest BCUT2D eigenvalue weighted by atomic mass is 35.5. The minimum Gasteiger partial charge on any atom is -0.382 e. The second-order valence-electron chi connectivity index (χ2n) is 9.07. The first-order chi connectivity index (χ1) is 12.8. The fourth-order valence-corrected chi connectivity index (χ4v) is 3.57. The number of nitrogens with zero attached hydrogens (tertiary/aromatic N) is 3. The van der Waals surface area contributed by atoms with Crippen LogP contribution in [0.2, 0.25) is 5.15 Å².